The van der Waals surface area contributed by atoms with E-state index < -0.39 is 35.2 Å². The van der Waals surface area contributed by atoms with Crippen LogP contribution >= 0.6 is 0 Å². The third-order valence-corrected chi connectivity index (χ3v) is 5.59. The predicted octanol–water partition coefficient (Wildman–Crippen LogP) is 0.402. The van der Waals surface area contributed by atoms with Crippen LogP contribution in [0.4, 0.5) is 19.3 Å². The van der Waals surface area contributed by atoms with Crippen molar-refractivity contribution in [2.45, 2.75) is 25.1 Å². The number of rotatable bonds is 5. The third-order valence-electron chi connectivity index (χ3n) is 5.59. The number of alkyl halides is 1. The summed E-state index contributed by atoms with van der Waals surface area (Å²) in [7, 11) is 1.28. The molecule has 0 bridgehead atoms. The van der Waals surface area contributed by atoms with E-state index in [2.05, 4.69) is 5.32 Å². The van der Waals surface area contributed by atoms with E-state index >= 15 is 4.39 Å². The summed E-state index contributed by atoms with van der Waals surface area (Å²) in [6.45, 7) is -0.288. The lowest BCUT2D eigenvalue weighted by Gasteiger charge is -2.24. The van der Waals surface area contributed by atoms with Crippen LogP contribution in [0.15, 0.2) is 15.7 Å². The van der Waals surface area contributed by atoms with E-state index in [4.69, 9.17) is 15.7 Å². The van der Waals surface area contributed by atoms with Crippen molar-refractivity contribution in [3.05, 3.63) is 32.7 Å². The molecule has 1 aromatic carbocycles. The minimum Gasteiger partial charge on any atom is -0.492 e. The van der Waals surface area contributed by atoms with Gasteiger partial charge in [-0.2, -0.15) is 4.68 Å². The zero-order valence-corrected chi connectivity index (χ0v) is 16.1. The van der Waals surface area contributed by atoms with E-state index in [1.807, 2.05) is 0 Å². The predicted molar refractivity (Wildman–Crippen MR) is 104 cm³/mol. The molecule has 2 fully saturated rings. The second-order valence-corrected chi connectivity index (χ2v) is 7.56. The quantitative estimate of drug-likeness (QED) is 0.591. The topological polar surface area (TPSA) is 132 Å². The molecular weight excluding hydrogens is 404 g/mol. The normalized spacial score (nSPS) is 21.2. The molecule has 1 saturated heterocycles. The molecule has 0 unspecified atom stereocenters. The Morgan fingerprint density at radius 1 is 1.37 bits per heavy atom. The molecule has 2 aromatic rings. The van der Waals surface area contributed by atoms with Gasteiger partial charge in [-0.15, -0.1) is 0 Å². The summed E-state index contributed by atoms with van der Waals surface area (Å²) in [5.74, 6) is 4.04. The second kappa shape index (κ2) is 7.18. The van der Waals surface area contributed by atoms with Gasteiger partial charge in [-0.05, 0) is 18.9 Å². The Kier molecular flexibility index (Phi) is 4.79. The Morgan fingerprint density at radius 3 is 2.67 bits per heavy atom. The maximum absolute atomic E-state index is 15.1. The van der Waals surface area contributed by atoms with Crippen LogP contribution in [0, 0.1) is 11.7 Å². The number of carboxylic acid groups (broad SMARTS) is 1. The molecule has 4 rings (SSSR count). The Bertz CT molecular complexity index is 1140. The molecule has 162 valence electrons. The molecule has 0 radical (unpaired) electrons. The first kappa shape index (κ1) is 20.0. The van der Waals surface area contributed by atoms with Gasteiger partial charge in [0.05, 0.1) is 12.5 Å². The fraction of sp³-hybridized carbons (Fsp3) is 0.500. The number of nitrogens with zero attached hydrogens (tertiary/aromatic N) is 3. The number of hydrogen-bond acceptors (Lipinski definition) is 6. The molecule has 2 atom stereocenters. The second-order valence-electron chi connectivity index (χ2n) is 7.56. The number of ether oxygens (including phenoxy) is 1. The van der Waals surface area contributed by atoms with Crippen molar-refractivity contribution in [1.29, 1.82) is 0 Å². The summed E-state index contributed by atoms with van der Waals surface area (Å²) in [6.07, 6.45) is -1.29. The summed E-state index contributed by atoms with van der Waals surface area (Å²) < 4.78 is 36.8. The zero-order chi connectivity index (χ0) is 21.7. The van der Waals surface area contributed by atoms with Crippen molar-refractivity contribution >= 4 is 22.7 Å². The van der Waals surface area contributed by atoms with Gasteiger partial charge in [-0.1, -0.05) is 0 Å². The van der Waals surface area contributed by atoms with Crippen LogP contribution in [0.1, 0.15) is 18.9 Å². The van der Waals surface area contributed by atoms with Crippen molar-refractivity contribution in [2.24, 2.45) is 5.92 Å². The molecule has 2 aliphatic rings. The van der Waals surface area contributed by atoms with Crippen molar-refractivity contribution in [3.8, 4) is 5.75 Å². The number of hydrogen-bond donors (Lipinski definition) is 3. The fourth-order valence-electron chi connectivity index (χ4n) is 4.02. The maximum Gasteiger partial charge on any atom is 0.404 e. The zero-order valence-electron chi connectivity index (χ0n) is 16.1. The molecule has 1 aliphatic carbocycles. The number of nitrogens with two attached hydrogens (primary N) is 1. The number of methoxy groups -OCH3 is 1. The maximum atomic E-state index is 15.1. The molecule has 2 heterocycles. The standard InChI is InChI=1S/C18H21F2N5O5/c1-30-15-13-10(16(26)25(21)18(29)24(13)9-2-3-9)4-11(19)14(15)23-6-8(12(20)7-23)5-22-17(27)28/h4,8-9,12,22H,2-3,5-7,21H2,1H3,(H,27,28)/t8-,12+/m1/s1. The Balaban J connectivity index is 1.88. The Hall–Kier alpha value is -3.31. The van der Waals surface area contributed by atoms with E-state index in [9.17, 15) is 18.8 Å². The molecule has 10 nitrogen and oxygen atoms in total. The van der Waals surface area contributed by atoms with E-state index in [1.165, 1.54) is 16.6 Å². The van der Waals surface area contributed by atoms with Gasteiger partial charge < -0.3 is 25.9 Å². The number of amides is 1. The van der Waals surface area contributed by atoms with Gasteiger partial charge in [-0.3, -0.25) is 9.36 Å². The first-order chi connectivity index (χ1) is 14.2. The highest BCUT2D eigenvalue weighted by Gasteiger charge is 2.38. The van der Waals surface area contributed by atoms with Gasteiger partial charge in [0.1, 0.15) is 17.4 Å². The van der Waals surface area contributed by atoms with Crippen molar-refractivity contribution in [1.82, 2.24) is 14.6 Å². The molecule has 30 heavy (non-hydrogen) atoms. The van der Waals surface area contributed by atoms with Gasteiger partial charge in [0.15, 0.2) is 11.6 Å². The molecule has 1 aromatic heterocycles. The molecule has 12 heteroatoms. The smallest absolute Gasteiger partial charge is 0.404 e. The number of benzene rings is 1. The summed E-state index contributed by atoms with van der Waals surface area (Å²) >= 11 is 0. The average molecular weight is 425 g/mol. The minimum absolute atomic E-state index is 0.0296. The lowest BCUT2D eigenvalue weighted by atomic mass is 10.1. The van der Waals surface area contributed by atoms with Gasteiger partial charge in [0.25, 0.3) is 5.56 Å². The van der Waals surface area contributed by atoms with Gasteiger partial charge in [-0.25, -0.2) is 18.4 Å². The summed E-state index contributed by atoms with van der Waals surface area (Å²) in [5.41, 5.74) is -1.55. The minimum atomic E-state index is -1.40. The van der Waals surface area contributed by atoms with Crippen LogP contribution in [0.3, 0.4) is 0 Å². The molecule has 1 aliphatic heterocycles. The summed E-state index contributed by atoms with van der Waals surface area (Å²) in [4.78, 5) is 37.3. The molecule has 0 spiro atoms. The average Bonchev–Trinajstić information content (AvgIpc) is 3.46. The van der Waals surface area contributed by atoms with Crippen LogP contribution in [0.5, 0.6) is 5.75 Å². The Labute approximate surface area is 168 Å². The molecule has 1 amide bonds. The summed E-state index contributed by atoms with van der Waals surface area (Å²) in [6, 6.07) is 0.787. The number of nitrogens with one attached hydrogen (secondary N) is 1. The van der Waals surface area contributed by atoms with E-state index in [1.54, 1.807) is 0 Å². The van der Waals surface area contributed by atoms with Crippen LogP contribution in [-0.4, -0.2) is 53.4 Å². The van der Waals surface area contributed by atoms with Gasteiger partial charge in [0, 0.05) is 31.6 Å². The lowest BCUT2D eigenvalue weighted by molar-refractivity contribution is 0.189. The van der Waals surface area contributed by atoms with Crippen LogP contribution in [-0.2, 0) is 0 Å². The first-order valence-corrected chi connectivity index (χ1v) is 9.43. The lowest BCUT2D eigenvalue weighted by Crippen LogP contribution is -2.44. The number of anilines is 1. The first-order valence-electron chi connectivity index (χ1n) is 9.43. The Morgan fingerprint density at radius 2 is 2.07 bits per heavy atom. The number of carbonyl (C=O) groups is 1. The van der Waals surface area contributed by atoms with Crippen LogP contribution in [0.2, 0.25) is 0 Å². The van der Waals surface area contributed by atoms with Gasteiger partial charge in [0.2, 0.25) is 0 Å². The molecule has 4 N–H and O–H groups in total. The largest absolute Gasteiger partial charge is 0.492 e. The molecular formula is C18H21F2N5O5. The number of fused-ring (bicyclic) bond motifs is 1. The number of aromatic nitrogens is 2. The highest BCUT2D eigenvalue weighted by molar-refractivity contribution is 5.91. The number of nitrogen functional groups attached to an aromatic ring is 1. The van der Waals surface area contributed by atoms with E-state index in [-0.39, 0.29) is 48.0 Å². The number of halogens is 2. The SMILES string of the molecule is COc1c(N2C[C@@H](CNC(=O)O)[C@@H](F)C2)c(F)cc2c(=O)n(N)c(=O)n(C3CC3)c12. The third kappa shape index (κ3) is 3.12. The highest BCUT2D eigenvalue weighted by Crippen LogP contribution is 2.43. The summed E-state index contributed by atoms with van der Waals surface area (Å²) in [5, 5.41) is 10.8. The van der Waals surface area contributed by atoms with E-state index in [0.717, 1.165) is 6.07 Å². The van der Waals surface area contributed by atoms with E-state index in [0.29, 0.717) is 17.5 Å². The fourth-order valence-corrected chi connectivity index (χ4v) is 4.02. The van der Waals surface area contributed by atoms with Crippen molar-refractivity contribution < 1.29 is 23.4 Å². The van der Waals surface area contributed by atoms with Crippen molar-refractivity contribution in [2.75, 3.05) is 37.5 Å². The molecule has 1 saturated carbocycles. The van der Waals surface area contributed by atoms with Crippen LogP contribution in [0.25, 0.3) is 10.9 Å². The van der Waals surface area contributed by atoms with Crippen molar-refractivity contribution in [3.63, 3.8) is 0 Å². The highest BCUT2D eigenvalue weighted by atomic mass is 19.1. The monoisotopic (exact) mass is 425 g/mol. The van der Waals surface area contributed by atoms with Gasteiger partial charge >= 0.3 is 11.8 Å². The van der Waals surface area contributed by atoms with Crippen LogP contribution < -0.4 is 32.0 Å².